The molecular weight excluding hydrogens is 268 g/mol. The van der Waals surface area contributed by atoms with Crippen molar-refractivity contribution >= 4 is 0 Å². The predicted octanol–water partition coefficient (Wildman–Crippen LogP) is 6.55. The first kappa shape index (κ1) is 32.9. The summed E-state index contributed by atoms with van der Waals surface area (Å²) in [5, 5.41) is 8.82. The molecule has 0 heterocycles. The molecule has 0 spiro atoms. The van der Waals surface area contributed by atoms with E-state index in [1.165, 1.54) is 32.1 Å². The van der Waals surface area contributed by atoms with Crippen molar-refractivity contribution in [3.8, 4) is 25.7 Å². The highest BCUT2D eigenvalue weighted by molar-refractivity contribution is 4.60. The van der Waals surface area contributed by atoms with E-state index < -0.39 is 0 Å². The molecule has 0 aromatic carbocycles. The number of rotatable bonds is 2. The molecule has 22 heavy (non-hydrogen) atoms. The summed E-state index contributed by atoms with van der Waals surface area (Å²) in [7, 11) is 0. The van der Waals surface area contributed by atoms with Crippen molar-refractivity contribution < 1.29 is 5.11 Å². The molecule has 0 saturated heterocycles. The molecule has 1 nitrogen and oxygen atoms in total. The topological polar surface area (TPSA) is 20.2 Å². The number of hydrogen-bond acceptors (Lipinski definition) is 1. The lowest BCUT2D eigenvalue weighted by Crippen LogP contribution is -2.10. The quantitative estimate of drug-likeness (QED) is 0.573. The van der Waals surface area contributed by atoms with Gasteiger partial charge < -0.3 is 5.11 Å². The fourth-order valence-electron chi connectivity index (χ4n) is 1.47. The van der Waals surface area contributed by atoms with Crippen molar-refractivity contribution in [1.82, 2.24) is 0 Å². The molecule has 1 N–H and O–H groups in total. The smallest absolute Gasteiger partial charge is 0.0537 e. The maximum Gasteiger partial charge on any atom is 0.0537 e. The zero-order chi connectivity index (χ0) is 19.0. The summed E-state index contributed by atoms with van der Waals surface area (Å²) < 4.78 is 0. The molecule has 0 aromatic rings. The Morgan fingerprint density at radius 1 is 0.909 bits per heavy atom. The van der Waals surface area contributed by atoms with E-state index in [2.05, 4.69) is 53.4 Å². The predicted molar refractivity (Wildman–Crippen MR) is 106 cm³/mol. The average molecular weight is 313 g/mol. The summed E-state index contributed by atoms with van der Waals surface area (Å²) in [5.74, 6) is 1.50. The molecule has 1 saturated carbocycles. The van der Waals surface area contributed by atoms with Gasteiger partial charge in [-0.05, 0) is 18.8 Å². The van der Waals surface area contributed by atoms with Crippen molar-refractivity contribution in [2.75, 3.05) is 0 Å². The fourth-order valence-corrected chi connectivity index (χ4v) is 1.47. The van der Waals surface area contributed by atoms with Crippen LogP contribution in [-0.2, 0) is 0 Å². The van der Waals surface area contributed by atoms with Crippen LogP contribution in [0.4, 0.5) is 0 Å². The van der Waals surface area contributed by atoms with Gasteiger partial charge in [-0.2, -0.15) is 0 Å². The van der Waals surface area contributed by atoms with Crippen molar-refractivity contribution in [2.24, 2.45) is 11.8 Å². The van der Waals surface area contributed by atoms with Gasteiger partial charge in [0.25, 0.3) is 0 Å². The first-order chi connectivity index (χ1) is 10.5. The monoisotopic (exact) mass is 312 g/mol. The van der Waals surface area contributed by atoms with Crippen LogP contribution in [0, 0.1) is 37.5 Å². The highest BCUT2D eigenvalue weighted by atomic mass is 16.3. The minimum absolute atomic E-state index is 0.134. The van der Waals surface area contributed by atoms with Gasteiger partial charge in [0.2, 0.25) is 0 Å². The molecule has 0 aliphatic heterocycles. The Balaban J connectivity index is -0.0000000584. The Bertz CT molecular complexity index is 167. The lowest BCUT2D eigenvalue weighted by Gasteiger charge is -2.09. The third kappa shape index (κ3) is 42.7. The normalized spacial score (nSPS) is 14.2. The Morgan fingerprint density at radius 3 is 1.23 bits per heavy atom. The summed E-state index contributed by atoms with van der Waals surface area (Å²) in [6.07, 6.45) is 24.1. The SMILES string of the molecule is C#C.C#C.CC.CC1CCCC1.CCC.CCC(C)C(C)O. The van der Waals surface area contributed by atoms with Gasteiger partial charge in [-0.1, -0.05) is 87.0 Å². The van der Waals surface area contributed by atoms with Crippen molar-refractivity contribution in [2.45, 2.75) is 100 Å². The molecule has 0 radical (unpaired) electrons. The first-order valence-electron chi connectivity index (χ1n) is 8.84. The molecule has 0 amide bonds. The van der Waals surface area contributed by atoms with Gasteiger partial charge in [0.15, 0.2) is 0 Å². The van der Waals surface area contributed by atoms with E-state index in [0.717, 1.165) is 12.3 Å². The van der Waals surface area contributed by atoms with Crippen LogP contribution in [0.2, 0.25) is 0 Å². The van der Waals surface area contributed by atoms with E-state index >= 15 is 0 Å². The summed E-state index contributed by atoms with van der Waals surface area (Å²) in [6, 6.07) is 0. The third-order valence-electron chi connectivity index (χ3n) is 3.11. The molecule has 2 unspecified atom stereocenters. The van der Waals surface area contributed by atoms with Crippen molar-refractivity contribution in [3.63, 3.8) is 0 Å². The summed E-state index contributed by atoms with van der Waals surface area (Å²) in [4.78, 5) is 0. The van der Waals surface area contributed by atoms with Crippen LogP contribution in [0.15, 0.2) is 0 Å². The van der Waals surface area contributed by atoms with Gasteiger partial charge >= 0.3 is 0 Å². The van der Waals surface area contributed by atoms with Crippen LogP contribution in [0.5, 0.6) is 0 Å². The second-order valence-electron chi connectivity index (χ2n) is 5.22. The molecule has 0 aromatic heterocycles. The standard InChI is InChI=1S/C6H14O.C6H12.C3H8.C2H6.2C2H2/c1-4-5(2)6(3)7;1-6-4-2-3-5-6;1-3-2;3*1-2/h5-7H,4H2,1-3H3;6H,2-5H2,1H3;3H2,1-2H3;1-2H3;2*1-2H. The van der Waals surface area contributed by atoms with Crippen LogP contribution < -0.4 is 0 Å². The van der Waals surface area contributed by atoms with E-state index in [1.54, 1.807) is 0 Å². The summed E-state index contributed by atoms with van der Waals surface area (Å²) >= 11 is 0. The lowest BCUT2D eigenvalue weighted by atomic mass is 10.0. The number of hydrogen-bond donors (Lipinski definition) is 1. The maximum absolute atomic E-state index is 8.82. The van der Waals surface area contributed by atoms with Crippen molar-refractivity contribution in [3.05, 3.63) is 0 Å². The Morgan fingerprint density at radius 2 is 1.18 bits per heavy atom. The first-order valence-corrected chi connectivity index (χ1v) is 8.84. The Kier molecular flexibility index (Phi) is 55.1. The van der Waals surface area contributed by atoms with Gasteiger partial charge in [0, 0.05) is 0 Å². The second kappa shape index (κ2) is 36.9. The molecule has 2 atom stereocenters. The fraction of sp³-hybridized carbons (Fsp3) is 0.810. The number of aliphatic hydroxyl groups is 1. The average Bonchev–Trinajstić information content (AvgIpc) is 3.04. The van der Waals surface area contributed by atoms with Crippen molar-refractivity contribution in [1.29, 1.82) is 0 Å². The molecule has 1 heteroatoms. The largest absolute Gasteiger partial charge is 0.393 e. The highest BCUT2D eigenvalue weighted by Gasteiger charge is 2.07. The zero-order valence-electron chi connectivity index (χ0n) is 16.7. The number of terminal acetylenes is 2. The summed E-state index contributed by atoms with van der Waals surface area (Å²) in [6.45, 7) is 16.5. The maximum atomic E-state index is 8.82. The highest BCUT2D eigenvalue weighted by Crippen LogP contribution is 2.22. The zero-order valence-corrected chi connectivity index (χ0v) is 16.7. The summed E-state index contributed by atoms with van der Waals surface area (Å²) in [5.41, 5.74) is 0. The van der Waals surface area contributed by atoms with Crippen LogP contribution in [0.3, 0.4) is 0 Å². The van der Waals surface area contributed by atoms with E-state index in [-0.39, 0.29) is 6.10 Å². The van der Waals surface area contributed by atoms with Crippen LogP contribution in [0.25, 0.3) is 0 Å². The molecule has 1 aliphatic carbocycles. The molecule has 134 valence electrons. The lowest BCUT2D eigenvalue weighted by molar-refractivity contribution is 0.133. The van der Waals surface area contributed by atoms with E-state index in [1.807, 2.05) is 27.7 Å². The molecule has 0 bridgehead atoms. The Hall–Kier alpha value is -0.920. The van der Waals surface area contributed by atoms with Crippen LogP contribution >= 0.6 is 0 Å². The minimum atomic E-state index is -0.134. The van der Waals surface area contributed by atoms with Gasteiger partial charge in [-0.25, -0.2) is 0 Å². The minimum Gasteiger partial charge on any atom is -0.393 e. The van der Waals surface area contributed by atoms with E-state index in [4.69, 9.17) is 5.11 Å². The number of aliphatic hydroxyl groups excluding tert-OH is 1. The Labute approximate surface area is 143 Å². The van der Waals surface area contributed by atoms with Gasteiger partial charge in [-0.15, -0.1) is 25.7 Å². The van der Waals surface area contributed by atoms with Gasteiger partial charge in [0.1, 0.15) is 0 Å². The second-order valence-corrected chi connectivity index (χ2v) is 5.22. The van der Waals surface area contributed by atoms with Crippen LogP contribution in [0.1, 0.15) is 93.9 Å². The third-order valence-corrected chi connectivity index (χ3v) is 3.11. The molecule has 1 fully saturated rings. The molecule has 1 rings (SSSR count). The molecule has 1 aliphatic rings. The molecular formula is C21H44O. The van der Waals surface area contributed by atoms with E-state index in [0.29, 0.717) is 5.92 Å². The van der Waals surface area contributed by atoms with Gasteiger partial charge in [-0.3, -0.25) is 0 Å². The van der Waals surface area contributed by atoms with Crippen LogP contribution in [-0.4, -0.2) is 11.2 Å². The van der Waals surface area contributed by atoms with E-state index in [9.17, 15) is 0 Å². The van der Waals surface area contributed by atoms with Gasteiger partial charge in [0.05, 0.1) is 6.10 Å².